The second-order valence-corrected chi connectivity index (χ2v) is 8.54. The van der Waals surface area contributed by atoms with Crippen LogP contribution in [-0.2, 0) is 11.0 Å². The summed E-state index contributed by atoms with van der Waals surface area (Å²) in [6.45, 7) is 0. The summed E-state index contributed by atoms with van der Waals surface area (Å²) < 4.78 is 57.6. The topological polar surface area (TPSA) is 87.5 Å². The zero-order chi connectivity index (χ0) is 25.6. The van der Waals surface area contributed by atoms with Gasteiger partial charge in [0.25, 0.3) is 5.82 Å². The van der Waals surface area contributed by atoms with Gasteiger partial charge in [0.2, 0.25) is 5.95 Å². The predicted molar refractivity (Wildman–Crippen MR) is 123 cm³/mol. The van der Waals surface area contributed by atoms with Crippen molar-refractivity contribution in [3.05, 3.63) is 70.7 Å². The van der Waals surface area contributed by atoms with E-state index in [0.717, 1.165) is 10.2 Å². The molecule has 0 unspecified atom stereocenters. The van der Waals surface area contributed by atoms with Crippen LogP contribution in [0, 0.1) is 0 Å². The molecule has 1 N–H and O–H groups in total. The largest absolute Gasteiger partial charge is 0.497 e. The summed E-state index contributed by atoms with van der Waals surface area (Å²) in [6.07, 6.45) is -4.17. The minimum absolute atomic E-state index is 0.0744. The van der Waals surface area contributed by atoms with E-state index in [1.165, 1.54) is 21.3 Å². The molecule has 11 heteroatoms. The number of hydrogen-bond acceptors (Lipinski definition) is 7. The van der Waals surface area contributed by atoms with Crippen LogP contribution in [0.3, 0.4) is 0 Å². The number of allylic oxidation sites excluding steroid dienone is 2. The summed E-state index contributed by atoms with van der Waals surface area (Å²) in [6, 6.07) is 11.4. The lowest BCUT2D eigenvalue weighted by Crippen LogP contribution is -2.33. The van der Waals surface area contributed by atoms with E-state index in [1.807, 2.05) is 12.1 Å². The van der Waals surface area contributed by atoms with Crippen LogP contribution < -0.4 is 19.5 Å². The smallest absolute Gasteiger partial charge is 0.453 e. The number of nitrogens with one attached hydrogen (secondary N) is 1. The summed E-state index contributed by atoms with van der Waals surface area (Å²) in [5.74, 6) is -0.154. The minimum atomic E-state index is -4.74. The third kappa shape index (κ3) is 4.04. The van der Waals surface area contributed by atoms with E-state index in [4.69, 9.17) is 14.2 Å². The second-order valence-electron chi connectivity index (χ2n) is 8.54. The summed E-state index contributed by atoms with van der Waals surface area (Å²) in [5, 5.41) is 6.70. The molecule has 0 saturated carbocycles. The lowest BCUT2D eigenvalue weighted by atomic mass is 9.78. The number of methoxy groups -OCH3 is 3. The number of anilines is 1. The summed E-state index contributed by atoms with van der Waals surface area (Å²) in [5.41, 5.74) is 2.31. The summed E-state index contributed by atoms with van der Waals surface area (Å²) >= 11 is 0. The van der Waals surface area contributed by atoms with Crippen LogP contribution in [0.25, 0.3) is 0 Å². The average Bonchev–Trinajstić information content (AvgIpc) is 3.31. The Bertz CT molecular complexity index is 1370. The zero-order valence-electron chi connectivity index (χ0n) is 19.7. The number of benzene rings is 2. The van der Waals surface area contributed by atoms with Gasteiger partial charge in [0.1, 0.15) is 11.8 Å². The number of nitrogens with zero attached hydrogens (tertiary/aromatic N) is 3. The van der Waals surface area contributed by atoms with Gasteiger partial charge < -0.3 is 19.5 Å². The number of aromatic nitrogens is 3. The van der Waals surface area contributed by atoms with Crippen LogP contribution in [0.4, 0.5) is 19.1 Å². The molecule has 2 heterocycles. The van der Waals surface area contributed by atoms with Crippen molar-refractivity contribution in [2.24, 2.45) is 0 Å². The number of Topliss-reactive ketones (excluding diaryl/α,β-unsaturated/α-hetero) is 1. The molecule has 36 heavy (non-hydrogen) atoms. The van der Waals surface area contributed by atoms with Crippen LogP contribution in [0.5, 0.6) is 17.2 Å². The molecule has 8 nitrogen and oxygen atoms in total. The highest BCUT2D eigenvalue weighted by Gasteiger charge is 2.43. The number of carbonyl (C=O) groups excluding carboxylic acids is 1. The molecular formula is C25H23F3N4O4. The van der Waals surface area contributed by atoms with Gasteiger partial charge in [-0.2, -0.15) is 18.2 Å². The lowest BCUT2D eigenvalue weighted by molar-refractivity contribution is -0.145. The molecule has 5 rings (SSSR count). The molecular weight excluding hydrogens is 477 g/mol. The first-order valence-corrected chi connectivity index (χ1v) is 11.2. The number of halogens is 3. The molecule has 1 aliphatic carbocycles. The van der Waals surface area contributed by atoms with Crippen LogP contribution in [0.1, 0.15) is 41.8 Å². The summed E-state index contributed by atoms with van der Waals surface area (Å²) in [4.78, 5) is 17.3. The van der Waals surface area contributed by atoms with E-state index in [-0.39, 0.29) is 24.1 Å². The number of alkyl halides is 3. The number of rotatable bonds is 5. The van der Waals surface area contributed by atoms with Crippen molar-refractivity contribution in [2.75, 3.05) is 26.6 Å². The van der Waals surface area contributed by atoms with Gasteiger partial charge in [-0.3, -0.25) is 4.79 Å². The van der Waals surface area contributed by atoms with Crippen molar-refractivity contribution >= 4 is 11.7 Å². The molecule has 0 amide bonds. The molecule has 2 atom stereocenters. The van der Waals surface area contributed by atoms with E-state index >= 15 is 0 Å². The van der Waals surface area contributed by atoms with Crippen LogP contribution in [0.2, 0.25) is 0 Å². The fraction of sp³-hybridized carbons (Fsp3) is 0.320. The second kappa shape index (κ2) is 8.89. The number of hydrogen-bond donors (Lipinski definition) is 1. The number of ketones is 1. The standard InChI is InChI=1S/C25H23F3N4O4/c1-34-16-6-4-5-14(9-16)22-21-17(29-24-30-23(25(26,27)28)31-32(22)24)10-15(11-18(21)33)13-7-8-19(35-2)20(12-13)36-3/h4-9,12,15,22H,10-11H2,1-3H3,(H,29,30,31)/t15-,22+/m0/s1. The quantitative estimate of drug-likeness (QED) is 0.542. The van der Waals surface area contributed by atoms with E-state index in [2.05, 4.69) is 15.4 Å². The Morgan fingerprint density at radius 3 is 2.44 bits per heavy atom. The van der Waals surface area contributed by atoms with Gasteiger partial charge in [-0.15, -0.1) is 5.10 Å². The zero-order valence-corrected chi connectivity index (χ0v) is 19.7. The van der Waals surface area contributed by atoms with Gasteiger partial charge in [0.15, 0.2) is 17.3 Å². The number of fused-ring (bicyclic) bond motifs is 1. The first kappa shape index (κ1) is 23.7. The molecule has 3 aromatic rings. The highest BCUT2D eigenvalue weighted by Crippen LogP contribution is 2.46. The van der Waals surface area contributed by atoms with Crippen molar-refractivity contribution in [1.29, 1.82) is 0 Å². The van der Waals surface area contributed by atoms with Crippen molar-refractivity contribution in [3.63, 3.8) is 0 Å². The van der Waals surface area contributed by atoms with E-state index in [9.17, 15) is 18.0 Å². The molecule has 2 aliphatic rings. The minimum Gasteiger partial charge on any atom is -0.497 e. The molecule has 0 saturated heterocycles. The molecule has 1 aliphatic heterocycles. The maximum absolute atomic E-state index is 13.6. The monoisotopic (exact) mass is 500 g/mol. The number of carbonyl (C=O) groups is 1. The maximum Gasteiger partial charge on any atom is 0.453 e. The molecule has 188 valence electrons. The summed E-state index contributed by atoms with van der Waals surface area (Å²) in [7, 11) is 4.56. The fourth-order valence-corrected chi connectivity index (χ4v) is 4.79. The van der Waals surface area contributed by atoms with Crippen molar-refractivity contribution in [1.82, 2.24) is 14.8 Å². The van der Waals surface area contributed by atoms with Gasteiger partial charge in [-0.1, -0.05) is 18.2 Å². The Hall–Kier alpha value is -4.02. The van der Waals surface area contributed by atoms with Gasteiger partial charge in [-0.25, -0.2) is 4.68 Å². The third-order valence-electron chi connectivity index (χ3n) is 6.46. The Balaban J connectivity index is 1.60. The van der Waals surface area contributed by atoms with E-state index < -0.39 is 18.0 Å². The van der Waals surface area contributed by atoms with Gasteiger partial charge in [-0.05, 0) is 47.7 Å². The Morgan fingerprint density at radius 1 is 0.972 bits per heavy atom. The van der Waals surface area contributed by atoms with E-state index in [0.29, 0.717) is 40.5 Å². The van der Waals surface area contributed by atoms with Gasteiger partial charge >= 0.3 is 6.18 Å². The van der Waals surface area contributed by atoms with Gasteiger partial charge in [0, 0.05) is 17.7 Å². The third-order valence-corrected chi connectivity index (χ3v) is 6.46. The fourth-order valence-electron chi connectivity index (χ4n) is 4.79. The predicted octanol–water partition coefficient (Wildman–Crippen LogP) is 4.74. The molecule has 0 fully saturated rings. The molecule has 2 aromatic carbocycles. The lowest BCUT2D eigenvalue weighted by Gasteiger charge is -2.35. The molecule has 0 bridgehead atoms. The highest BCUT2D eigenvalue weighted by atomic mass is 19.4. The van der Waals surface area contributed by atoms with E-state index in [1.54, 1.807) is 30.3 Å². The normalized spacial score (nSPS) is 19.3. The number of ether oxygens (including phenoxy) is 3. The highest BCUT2D eigenvalue weighted by molar-refractivity contribution is 6.00. The SMILES string of the molecule is COc1cccc([C@@H]2C3=C(C[C@H](c4ccc(OC)c(OC)c4)CC3=O)Nc3nc(C(F)(F)F)nn32)c1. The maximum atomic E-state index is 13.6. The first-order valence-electron chi connectivity index (χ1n) is 11.2. The first-order chi connectivity index (χ1) is 17.2. The van der Waals surface area contributed by atoms with Crippen molar-refractivity contribution in [3.8, 4) is 17.2 Å². The Morgan fingerprint density at radius 2 is 1.75 bits per heavy atom. The Kier molecular flexibility index (Phi) is 5.85. The Labute approximate surface area is 204 Å². The average molecular weight is 500 g/mol. The van der Waals surface area contributed by atoms with Crippen molar-refractivity contribution < 1.29 is 32.2 Å². The van der Waals surface area contributed by atoms with Crippen LogP contribution in [0.15, 0.2) is 53.7 Å². The molecule has 0 radical (unpaired) electrons. The molecule has 0 spiro atoms. The van der Waals surface area contributed by atoms with Crippen molar-refractivity contribution in [2.45, 2.75) is 31.0 Å². The van der Waals surface area contributed by atoms with Gasteiger partial charge in [0.05, 0.1) is 21.3 Å². The molecule has 1 aromatic heterocycles. The van der Waals surface area contributed by atoms with Crippen LogP contribution in [-0.4, -0.2) is 41.9 Å². The van der Waals surface area contributed by atoms with Crippen LogP contribution >= 0.6 is 0 Å².